The summed E-state index contributed by atoms with van der Waals surface area (Å²) in [6.07, 6.45) is 0.647. The second-order valence-electron chi connectivity index (χ2n) is 3.51. The minimum Gasteiger partial charge on any atom is -0.478 e. The lowest BCUT2D eigenvalue weighted by Gasteiger charge is -2.07. The highest BCUT2D eigenvalue weighted by Gasteiger charge is 2.27. The van der Waals surface area contributed by atoms with Crippen LogP contribution in [0.3, 0.4) is 0 Å². The average Bonchev–Trinajstić information content (AvgIpc) is 2.67. The predicted molar refractivity (Wildman–Crippen MR) is 63.6 cm³/mol. The van der Waals surface area contributed by atoms with Crippen LogP contribution in [0.5, 0.6) is 0 Å². The van der Waals surface area contributed by atoms with Gasteiger partial charge in [-0.25, -0.2) is 4.79 Å². The lowest BCUT2D eigenvalue weighted by molar-refractivity contribution is -0.137. The van der Waals surface area contributed by atoms with Gasteiger partial charge in [0.2, 0.25) is 0 Å². The van der Waals surface area contributed by atoms with Crippen molar-refractivity contribution < 1.29 is 19.4 Å². The van der Waals surface area contributed by atoms with E-state index in [1.165, 1.54) is 23.9 Å². The summed E-state index contributed by atoms with van der Waals surface area (Å²) in [5.41, 5.74) is 0.0445. The Labute approximate surface area is 107 Å². The Hall–Kier alpha value is -1.20. The SMILES string of the molecule is O=C(O)c1cc(SC2CCOC2=O)ccc1Cl. The number of benzene rings is 1. The Morgan fingerprint density at radius 1 is 1.53 bits per heavy atom. The highest BCUT2D eigenvalue weighted by Crippen LogP contribution is 2.31. The molecule has 0 radical (unpaired) electrons. The van der Waals surface area contributed by atoms with Gasteiger partial charge >= 0.3 is 11.9 Å². The molecule has 0 saturated carbocycles. The zero-order valence-electron chi connectivity index (χ0n) is 8.68. The highest BCUT2D eigenvalue weighted by molar-refractivity contribution is 8.00. The van der Waals surface area contributed by atoms with Crippen LogP contribution in [0.4, 0.5) is 0 Å². The molecular formula is C11H9ClO4S. The van der Waals surface area contributed by atoms with Gasteiger partial charge in [0.15, 0.2) is 0 Å². The second kappa shape index (κ2) is 4.98. The van der Waals surface area contributed by atoms with Crippen molar-refractivity contribution >= 4 is 35.3 Å². The molecule has 1 aliphatic rings. The number of carbonyl (C=O) groups is 2. The fourth-order valence-corrected chi connectivity index (χ4v) is 2.73. The first-order valence-corrected chi connectivity index (χ1v) is 6.20. The van der Waals surface area contributed by atoms with Gasteiger partial charge in [0.1, 0.15) is 5.25 Å². The predicted octanol–water partition coefficient (Wildman–Crippen LogP) is 2.45. The summed E-state index contributed by atoms with van der Waals surface area (Å²) in [4.78, 5) is 22.9. The van der Waals surface area contributed by atoms with Crippen LogP contribution in [0.1, 0.15) is 16.8 Å². The van der Waals surface area contributed by atoms with Gasteiger partial charge in [-0.1, -0.05) is 11.6 Å². The van der Waals surface area contributed by atoms with E-state index in [0.717, 1.165) is 0 Å². The monoisotopic (exact) mass is 272 g/mol. The lowest BCUT2D eigenvalue weighted by Crippen LogP contribution is -2.09. The summed E-state index contributed by atoms with van der Waals surface area (Å²) in [5, 5.41) is 8.86. The third kappa shape index (κ3) is 2.73. The number of thioether (sulfide) groups is 1. The third-order valence-electron chi connectivity index (χ3n) is 2.33. The number of hydrogen-bond donors (Lipinski definition) is 1. The van der Waals surface area contributed by atoms with Gasteiger partial charge < -0.3 is 9.84 Å². The van der Waals surface area contributed by atoms with Crippen molar-refractivity contribution in [1.82, 2.24) is 0 Å². The van der Waals surface area contributed by atoms with Crippen LogP contribution in [-0.2, 0) is 9.53 Å². The molecule has 1 heterocycles. The van der Waals surface area contributed by atoms with Crippen molar-refractivity contribution in [1.29, 1.82) is 0 Å². The molecule has 90 valence electrons. The van der Waals surface area contributed by atoms with Crippen LogP contribution < -0.4 is 0 Å². The number of esters is 1. The number of halogens is 1. The lowest BCUT2D eigenvalue weighted by atomic mass is 10.2. The van der Waals surface area contributed by atoms with Crippen molar-refractivity contribution in [3.63, 3.8) is 0 Å². The summed E-state index contributed by atoms with van der Waals surface area (Å²) < 4.78 is 4.84. The number of hydrogen-bond acceptors (Lipinski definition) is 4. The summed E-state index contributed by atoms with van der Waals surface area (Å²) in [6.45, 7) is 0.426. The Bertz CT molecular complexity index is 475. The summed E-state index contributed by atoms with van der Waals surface area (Å²) in [7, 11) is 0. The van der Waals surface area contributed by atoms with Crippen molar-refractivity contribution in [3.8, 4) is 0 Å². The molecule has 1 fully saturated rings. The fourth-order valence-electron chi connectivity index (χ4n) is 1.49. The number of carboxylic acids is 1. The molecule has 0 spiro atoms. The van der Waals surface area contributed by atoms with Crippen molar-refractivity contribution in [2.75, 3.05) is 6.61 Å². The van der Waals surface area contributed by atoms with Gasteiger partial charge in [-0.2, -0.15) is 0 Å². The van der Waals surface area contributed by atoms with E-state index in [2.05, 4.69) is 0 Å². The first-order valence-electron chi connectivity index (χ1n) is 4.94. The number of aromatic carboxylic acids is 1. The van der Waals surface area contributed by atoms with E-state index in [9.17, 15) is 9.59 Å². The molecule has 4 nitrogen and oxygen atoms in total. The van der Waals surface area contributed by atoms with E-state index in [4.69, 9.17) is 21.4 Å². The van der Waals surface area contributed by atoms with Crippen LogP contribution >= 0.6 is 23.4 Å². The second-order valence-corrected chi connectivity index (χ2v) is 5.19. The van der Waals surface area contributed by atoms with Crippen LogP contribution in [-0.4, -0.2) is 28.9 Å². The molecule has 1 aromatic carbocycles. The maximum absolute atomic E-state index is 11.3. The smallest absolute Gasteiger partial charge is 0.337 e. The van der Waals surface area contributed by atoms with Gasteiger partial charge in [-0.05, 0) is 18.2 Å². The van der Waals surface area contributed by atoms with Crippen molar-refractivity contribution in [2.45, 2.75) is 16.6 Å². The van der Waals surface area contributed by atoms with Crippen molar-refractivity contribution in [3.05, 3.63) is 28.8 Å². The number of cyclic esters (lactones) is 1. The molecule has 1 saturated heterocycles. The van der Waals surface area contributed by atoms with E-state index in [1.807, 2.05) is 0 Å². The normalized spacial score (nSPS) is 19.1. The largest absolute Gasteiger partial charge is 0.478 e. The van der Waals surface area contributed by atoms with E-state index in [-0.39, 0.29) is 21.8 Å². The zero-order valence-corrected chi connectivity index (χ0v) is 10.3. The molecule has 1 unspecified atom stereocenters. The summed E-state index contributed by atoms with van der Waals surface area (Å²) in [5.74, 6) is -1.33. The molecular weight excluding hydrogens is 264 g/mol. The molecule has 2 rings (SSSR count). The maximum atomic E-state index is 11.3. The number of carbonyl (C=O) groups excluding carboxylic acids is 1. The molecule has 0 bridgehead atoms. The van der Waals surface area contributed by atoms with Gasteiger partial charge in [0.25, 0.3) is 0 Å². The Balaban J connectivity index is 2.19. The van der Waals surface area contributed by atoms with Gasteiger partial charge in [-0.15, -0.1) is 11.8 Å². The number of ether oxygens (including phenoxy) is 1. The average molecular weight is 273 g/mol. The number of carboxylic acid groups (broad SMARTS) is 1. The van der Waals surface area contributed by atoms with Crippen LogP contribution in [0.15, 0.2) is 23.1 Å². The maximum Gasteiger partial charge on any atom is 0.337 e. The zero-order chi connectivity index (χ0) is 12.4. The Morgan fingerprint density at radius 3 is 2.88 bits per heavy atom. The van der Waals surface area contributed by atoms with E-state index < -0.39 is 5.97 Å². The topological polar surface area (TPSA) is 63.6 Å². The van der Waals surface area contributed by atoms with Gasteiger partial charge in [0, 0.05) is 11.3 Å². The molecule has 1 N–H and O–H groups in total. The Kier molecular flexibility index (Phi) is 3.59. The standard InChI is InChI=1S/C11H9ClO4S/c12-8-2-1-6(5-7(8)10(13)14)17-9-3-4-16-11(9)15/h1-2,5,9H,3-4H2,(H,13,14). The highest BCUT2D eigenvalue weighted by atomic mass is 35.5. The Morgan fingerprint density at radius 2 is 2.29 bits per heavy atom. The number of rotatable bonds is 3. The molecule has 1 aromatic rings. The van der Waals surface area contributed by atoms with Gasteiger partial charge in [0.05, 0.1) is 17.2 Å². The molecule has 1 aliphatic heterocycles. The first-order chi connectivity index (χ1) is 8.08. The molecule has 17 heavy (non-hydrogen) atoms. The first kappa shape index (κ1) is 12.3. The summed E-state index contributed by atoms with van der Waals surface area (Å²) >= 11 is 7.06. The molecule has 6 heteroatoms. The van der Waals surface area contributed by atoms with Gasteiger partial charge in [-0.3, -0.25) is 4.79 Å². The van der Waals surface area contributed by atoms with Crippen LogP contribution in [0.2, 0.25) is 5.02 Å². The third-order valence-corrected chi connectivity index (χ3v) is 3.90. The van der Waals surface area contributed by atoms with Crippen LogP contribution in [0.25, 0.3) is 0 Å². The minimum absolute atomic E-state index is 0.0445. The molecule has 1 atom stereocenters. The molecule has 0 amide bonds. The van der Waals surface area contributed by atoms with Crippen molar-refractivity contribution in [2.24, 2.45) is 0 Å². The van der Waals surface area contributed by atoms with Crippen LogP contribution in [0, 0.1) is 0 Å². The molecule has 0 aromatic heterocycles. The molecule has 0 aliphatic carbocycles. The summed E-state index contributed by atoms with van der Waals surface area (Å²) in [6, 6.07) is 4.69. The van der Waals surface area contributed by atoms with E-state index >= 15 is 0 Å². The van der Waals surface area contributed by atoms with E-state index in [1.54, 1.807) is 6.07 Å². The van der Waals surface area contributed by atoms with E-state index in [0.29, 0.717) is 17.9 Å². The quantitative estimate of drug-likeness (QED) is 0.856. The minimum atomic E-state index is -1.08. The fraction of sp³-hybridized carbons (Fsp3) is 0.273.